The van der Waals surface area contributed by atoms with E-state index in [1.807, 2.05) is 79.8 Å². The molecule has 0 fully saturated rings. The van der Waals surface area contributed by atoms with E-state index in [1.165, 1.54) is 16.3 Å². The smallest absolute Gasteiger partial charge is 0.164 e. The summed E-state index contributed by atoms with van der Waals surface area (Å²) < 4.78 is 6.38. The van der Waals surface area contributed by atoms with Gasteiger partial charge in [0.05, 0.1) is 0 Å². The Bertz CT molecular complexity index is 2500. The Morgan fingerprint density at radius 2 is 1.15 bits per heavy atom. The Morgan fingerprint density at radius 3 is 1.98 bits per heavy atom. The molecule has 0 radical (unpaired) electrons. The zero-order valence-corrected chi connectivity index (χ0v) is 26.4. The van der Waals surface area contributed by atoms with Gasteiger partial charge in [0.15, 0.2) is 17.5 Å². The predicted octanol–water partition coefficient (Wildman–Crippen LogP) is 11.7. The van der Waals surface area contributed by atoms with Gasteiger partial charge >= 0.3 is 0 Å². The van der Waals surface area contributed by atoms with Crippen LogP contribution < -0.4 is 0 Å². The van der Waals surface area contributed by atoms with Crippen molar-refractivity contribution in [2.75, 3.05) is 0 Å². The molecule has 0 saturated heterocycles. The third-order valence-electron chi connectivity index (χ3n) is 8.49. The second-order valence-electron chi connectivity index (χ2n) is 11.6. The minimum atomic E-state index is 0.600. The van der Waals surface area contributed by atoms with E-state index in [4.69, 9.17) is 19.4 Å². The standard InChI is InChI=1S/C44H31N3O/c1-2-3-4-5-7-14-30-23-28-37-40(29-30)48-39-22-13-21-38(41(37)39)44-46-42(33-16-8-6-9-17-33)45-43(47-44)34-26-24-32(25-27-34)36-20-12-18-31-15-10-11-19-35(31)36/h2-29H,1H3/b3-2-,5-4-,14-7+. The summed E-state index contributed by atoms with van der Waals surface area (Å²) in [6, 6.07) is 45.8. The molecule has 2 heterocycles. The molecule has 0 atom stereocenters. The van der Waals surface area contributed by atoms with Crippen LogP contribution in [0.2, 0.25) is 0 Å². The molecule has 48 heavy (non-hydrogen) atoms. The molecule has 0 spiro atoms. The Hall–Kier alpha value is -6.39. The predicted molar refractivity (Wildman–Crippen MR) is 199 cm³/mol. The van der Waals surface area contributed by atoms with E-state index in [9.17, 15) is 0 Å². The molecule has 0 amide bonds. The Kier molecular flexibility index (Phi) is 7.73. The first-order valence-electron chi connectivity index (χ1n) is 16.1. The number of nitrogens with zero attached hydrogens (tertiary/aromatic N) is 3. The normalized spacial score (nSPS) is 12.0. The van der Waals surface area contributed by atoms with Gasteiger partial charge in [0.2, 0.25) is 0 Å². The van der Waals surface area contributed by atoms with Crippen molar-refractivity contribution in [3.63, 3.8) is 0 Å². The van der Waals surface area contributed by atoms with Crippen molar-refractivity contribution in [1.29, 1.82) is 0 Å². The van der Waals surface area contributed by atoms with Gasteiger partial charge in [-0.1, -0.05) is 152 Å². The summed E-state index contributed by atoms with van der Waals surface area (Å²) in [5.41, 5.74) is 7.76. The van der Waals surface area contributed by atoms with Crippen molar-refractivity contribution in [2.24, 2.45) is 0 Å². The van der Waals surface area contributed by atoms with Gasteiger partial charge < -0.3 is 4.42 Å². The number of hydrogen-bond donors (Lipinski definition) is 0. The number of furan rings is 1. The molecule has 8 rings (SSSR count). The summed E-state index contributed by atoms with van der Waals surface area (Å²) in [4.78, 5) is 15.1. The van der Waals surface area contributed by atoms with Gasteiger partial charge in [0, 0.05) is 27.5 Å². The topological polar surface area (TPSA) is 51.8 Å². The van der Waals surface area contributed by atoms with Crippen LogP contribution in [0.5, 0.6) is 0 Å². The van der Waals surface area contributed by atoms with E-state index >= 15 is 0 Å². The largest absolute Gasteiger partial charge is 0.456 e. The lowest BCUT2D eigenvalue weighted by molar-refractivity contribution is 0.669. The highest BCUT2D eigenvalue weighted by Gasteiger charge is 2.18. The van der Waals surface area contributed by atoms with Crippen LogP contribution in [0.15, 0.2) is 168 Å². The fourth-order valence-corrected chi connectivity index (χ4v) is 6.16. The van der Waals surface area contributed by atoms with E-state index in [-0.39, 0.29) is 0 Å². The monoisotopic (exact) mass is 617 g/mol. The lowest BCUT2D eigenvalue weighted by atomic mass is 9.97. The summed E-state index contributed by atoms with van der Waals surface area (Å²) in [6.45, 7) is 2.00. The molecule has 4 nitrogen and oxygen atoms in total. The van der Waals surface area contributed by atoms with Crippen LogP contribution in [0.1, 0.15) is 12.5 Å². The molecule has 0 unspecified atom stereocenters. The van der Waals surface area contributed by atoms with Crippen molar-refractivity contribution in [3.05, 3.63) is 169 Å². The highest BCUT2D eigenvalue weighted by molar-refractivity contribution is 6.12. The second kappa shape index (κ2) is 12.8. The zero-order chi connectivity index (χ0) is 32.3. The molecule has 2 aromatic heterocycles. The quantitative estimate of drug-likeness (QED) is 0.167. The van der Waals surface area contributed by atoms with Crippen LogP contribution in [0.4, 0.5) is 0 Å². The highest BCUT2D eigenvalue weighted by Crippen LogP contribution is 2.37. The SMILES string of the molecule is C\C=C/C=C\C=C\c1ccc2c(c1)oc1cccc(-c3nc(-c4ccccc4)nc(-c4ccc(-c5cccc6ccccc56)cc4)n3)c12. The van der Waals surface area contributed by atoms with E-state index in [2.05, 4.69) is 97.1 Å². The van der Waals surface area contributed by atoms with Gasteiger partial charge in [-0.05, 0) is 52.6 Å². The molecule has 228 valence electrons. The maximum Gasteiger partial charge on any atom is 0.164 e. The summed E-state index contributed by atoms with van der Waals surface area (Å²) in [6.07, 6.45) is 12.1. The van der Waals surface area contributed by atoms with Crippen molar-refractivity contribution < 1.29 is 4.42 Å². The minimum Gasteiger partial charge on any atom is -0.456 e. The van der Waals surface area contributed by atoms with Gasteiger partial charge in [-0.15, -0.1) is 0 Å². The number of hydrogen-bond acceptors (Lipinski definition) is 4. The minimum absolute atomic E-state index is 0.600. The number of fused-ring (bicyclic) bond motifs is 4. The van der Waals surface area contributed by atoms with Gasteiger partial charge in [0.25, 0.3) is 0 Å². The van der Waals surface area contributed by atoms with E-state index in [0.29, 0.717) is 17.5 Å². The first kappa shape index (κ1) is 29.0. The average molecular weight is 618 g/mol. The van der Waals surface area contributed by atoms with Crippen molar-refractivity contribution >= 4 is 38.8 Å². The molecule has 0 aliphatic rings. The molecule has 0 N–H and O–H groups in total. The van der Waals surface area contributed by atoms with Gasteiger partial charge in [-0.25, -0.2) is 15.0 Å². The second-order valence-corrected chi connectivity index (χ2v) is 11.6. The molecular formula is C44H31N3O. The maximum absolute atomic E-state index is 6.38. The van der Waals surface area contributed by atoms with Crippen LogP contribution in [0.25, 0.3) is 84.1 Å². The molecule has 0 aliphatic carbocycles. The van der Waals surface area contributed by atoms with Crippen molar-refractivity contribution in [3.8, 4) is 45.3 Å². The maximum atomic E-state index is 6.38. The number of aromatic nitrogens is 3. The Labute approximate surface area is 279 Å². The van der Waals surface area contributed by atoms with E-state index in [1.54, 1.807) is 0 Å². The zero-order valence-electron chi connectivity index (χ0n) is 26.4. The van der Waals surface area contributed by atoms with Crippen molar-refractivity contribution in [2.45, 2.75) is 6.92 Å². The number of allylic oxidation sites excluding steroid dienone is 5. The third kappa shape index (κ3) is 5.61. The van der Waals surface area contributed by atoms with E-state index < -0.39 is 0 Å². The van der Waals surface area contributed by atoms with Crippen LogP contribution in [0, 0.1) is 0 Å². The fraction of sp³-hybridized carbons (Fsp3) is 0.0227. The van der Waals surface area contributed by atoms with E-state index in [0.717, 1.165) is 49.8 Å². The summed E-state index contributed by atoms with van der Waals surface area (Å²) in [5.74, 6) is 1.84. The van der Waals surface area contributed by atoms with Crippen LogP contribution in [-0.2, 0) is 0 Å². The molecular weight excluding hydrogens is 587 g/mol. The summed E-state index contributed by atoms with van der Waals surface area (Å²) in [5, 5.41) is 4.45. The molecule has 0 saturated carbocycles. The Morgan fingerprint density at radius 1 is 0.479 bits per heavy atom. The van der Waals surface area contributed by atoms with Crippen LogP contribution >= 0.6 is 0 Å². The lowest BCUT2D eigenvalue weighted by Gasteiger charge is -2.10. The van der Waals surface area contributed by atoms with Crippen LogP contribution in [-0.4, -0.2) is 15.0 Å². The fourth-order valence-electron chi connectivity index (χ4n) is 6.16. The first-order chi connectivity index (χ1) is 23.7. The van der Waals surface area contributed by atoms with Crippen LogP contribution in [0.3, 0.4) is 0 Å². The molecule has 4 heteroatoms. The number of benzene rings is 6. The van der Waals surface area contributed by atoms with Gasteiger partial charge in [0.1, 0.15) is 11.2 Å². The summed E-state index contributed by atoms with van der Waals surface area (Å²) >= 11 is 0. The molecule has 0 aliphatic heterocycles. The average Bonchev–Trinajstić information content (AvgIpc) is 3.53. The molecule has 0 bridgehead atoms. The first-order valence-corrected chi connectivity index (χ1v) is 16.1. The van der Waals surface area contributed by atoms with Gasteiger partial charge in [-0.2, -0.15) is 0 Å². The van der Waals surface area contributed by atoms with Crippen molar-refractivity contribution in [1.82, 2.24) is 15.0 Å². The Balaban J connectivity index is 1.24. The number of rotatable bonds is 7. The lowest BCUT2D eigenvalue weighted by Crippen LogP contribution is -2.00. The van der Waals surface area contributed by atoms with Gasteiger partial charge in [-0.3, -0.25) is 0 Å². The highest BCUT2D eigenvalue weighted by atomic mass is 16.3. The summed E-state index contributed by atoms with van der Waals surface area (Å²) in [7, 11) is 0. The molecule has 8 aromatic rings. The molecule has 6 aromatic carbocycles. The third-order valence-corrected chi connectivity index (χ3v) is 8.49.